The molecular weight excluding hydrogens is 520 g/mol. The third kappa shape index (κ3) is 7.73. The minimum Gasteiger partial charge on any atom is -0.868 e. The summed E-state index contributed by atoms with van der Waals surface area (Å²) in [6, 6.07) is 6.91. The summed E-state index contributed by atoms with van der Waals surface area (Å²) in [6.07, 6.45) is 2.12. The van der Waals surface area contributed by atoms with Gasteiger partial charge in [0.15, 0.2) is 0 Å². The van der Waals surface area contributed by atoms with Crippen molar-refractivity contribution in [2.75, 3.05) is 23.5 Å². The molecule has 0 aliphatic rings. The van der Waals surface area contributed by atoms with E-state index in [4.69, 9.17) is 20.8 Å². The molecule has 0 radical (unpaired) electrons. The van der Waals surface area contributed by atoms with E-state index in [9.17, 15) is 40.5 Å². The summed E-state index contributed by atoms with van der Waals surface area (Å²) in [7, 11) is 0. The smallest absolute Gasteiger partial charge is 0.261 e. The maximum atomic E-state index is 12.3. The van der Waals surface area contributed by atoms with Gasteiger partial charge in [0.05, 0.1) is 11.4 Å². The number of benzene rings is 2. The molecular formula is C23H20N6O10-2. The number of carbonyl (C=O) groups is 2. The van der Waals surface area contributed by atoms with Gasteiger partial charge in [-0.25, -0.2) is 0 Å². The van der Waals surface area contributed by atoms with E-state index in [-0.39, 0.29) is 30.6 Å². The maximum Gasteiger partial charge on any atom is 0.261 e. The van der Waals surface area contributed by atoms with Crippen LogP contribution in [0.1, 0.15) is 17.5 Å². The lowest BCUT2D eigenvalue weighted by atomic mass is 10.1. The highest BCUT2D eigenvalue weighted by atomic mass is 16.8. The topological polar surface area (TPSA) is 280 Å². The number of phenolic OH excluding ortho intramolecular Hbond substituents is 2. The zero-order chi connectivity index (χ0) is 29.3. The van der Waals surface area contributed by atoms with Crippen molar-refractivity contribution in [3.8, 4) is 35.1 Å². The van der Waals surface area contributed by atoms with E-state index in [1.54, 1.807) is 12.1 Å². The molecule has 0 unspecified atom stereocenters. The van der Waals surface area contributed by atoms with Gasteiger partial charge in [-0.3, -0.25) is 30.4 Å². The minimum absolute atomic E-state index is 0.0359. The predicted molar refractivity (Wildman–Crippen MR) is 125 cm³/mol. The van der Waals surface area contributed by atoms with E-state index in [1.165, 1.54) is 0 Å². The van der Waals surface area contributed by atoms with Crippen LogP contribution in [0, 0.1) is 22.7 Å². The molecule has 0 saturated carbocycles. The Balaban J connectivity index is 1.97. The quantitative estimate of drug-likeness (QED) is 0.0820. The average Bonchev–Trinajstić information content (AvgIpc) is 2.88. The molecule has 0 fully saturated rings. The molecule has 204 valence electrons. The van der Waals surface area contributed by atoms with Gasteiger partial charge in [-0.15, -0.1) is 10.5 Å². The van der Waals surface area contributed by atoms with Crippen molar-refractivity contribution >= 4 is 35.3 Å². The highest BCUT2D eigenvalue weighted by Crippen LogP contribution is 2.35. The largest absolute Gasteiger partial charge is 0.868 e. The first kappa shape index (κ1) is 29.7. The van der Waals surface area contributed by atoms with Gasteiger partial charge in [-0.1, -0.05) is 0 Å². The summed E-state index contributed by atoms with van der Waals surface area (Å²) in [5.41, 5.74) is -2.44. The van der Waals surface area contributed by atoms with Gasteiger partial charge in [0, 0.05) is 13.1 Å². The van der Waals surface area contributed by atoms with Crippen LogP contribution in [0.15, 0.2) is 35.4 Å². The highest BCUT2D eigenvalue weighted by Gasteiger charge is 2.13. The number of hydrogen-bond acceptors (Lipinski definition) is 14. The predicted octanol–water partition coefficient (Wildman–Crippen LogP) is -0.449. The molecule has 0 heterocycles. The molecule has 0 aliphatic heterocycles. The Labute approximate surface area is 219 Å². The molecule has 39 heavy (non-hydrogen) atoms. The Morgan fingerprint density at radius 1 is 0.769 bits per heavy atom. The summed E-state index contributed by atoms with van der Waals surface area (Å²) in [4.78, 5) is 24.5. The molecule has 0 atom stereocenters. The molecule has 16 heteroatoms. The Morgan fingerprint density at radius 2 is 1.13 bits per heavy atom. The lowest BCUT2D eigenvalue weighted by Crippen LogP contribution is -2.30. The molecule has 0 bridgehead atoms. The zero-order valence-corrected chi connectivity index (χ0v) is 19.7. The van der Waals surface area contributed by atoms with Gasteiger partial charge in [0.2, 0.25) is 0 Å². The van der Waals surface area contributed by atoms with Crippen molar-refractivity contribution in [1.29, 1.82) is 10.5 Å². The normalized spacial score (nSPS) is 11.2. The van der Waals surface area contributed by atoms with Gasteiger partial charge in [0.25, 0.3) is 11.8 Å². The van der Waals surface area contributed by atoms with E-state index in [1.807, 2.05) is 0 Å². The Kier molecular flexibility index (Phi) is 10.0. The Bertz CT molecular complexity index is 1300. The van der Waals surface area contributed by atoms with Crippen LogP contribution in [-0.2, 0) is 9.59 Å². The molecule has 2 aromatic carbocycles. The Hall–Kier alpha value is -5.52. The van der Waals surface area contributed by atoms with E-state index in [2.05, 4.69) is 10.6 Å². The number of amides is 2. The fourth-order valence-electron chi connectivity index (χ4n) is 3.02. The van der Waals surface area contributed by atoms with Gasteiger partial charge < -0.3 is 31.1 Å². The summed E-state index contributed by atoms with van der Waals surface area (Å²) in [5.74, 6) is -5.59. The van der Waals surface area contributed by atoms with Crippen molar-refractivity contribution in [2.24, 2.45) is 0 Å². The van der Waals surface area contributed by atoms with Crippen LogP contribution in [0.5, 0.6) is 23.0 Å². The minimum atomic E-state index is -1.10. The fourth-order valence-corrected chi connectivity index (χ4v) is 3.02. The van der Waals surface area contributed by atoms with Gasteiger partial charge >= 0.3 is 0 Å². The third-order valence-electron chi connectivity index (χ3n) is 4.85. The van der Waals surface area contributed by atoms with E-state index in [0.717, 1.165) is 36.4 Å². The standard InChI is InChI=1S/C23H22N6O10/c24-10-14(4-12-6-16(28(36)37)20(32)18(30)8-12)22(34)26-2-1-3-27-23(35)15(11-25)5-13-7-17(29(38)39)21(33)19(31)9-13/h4-9,30-33,36-39H,1-3H2,(H,26,34)(H,27,35)/p-2/b14-4-,15-5+. The molecule has 2 rings (SSSR count). The number of aromatic hydroxyl groups is 2. The number of nitrogens with zero attached hydrogens (tertiary/aromatic N) is 4. The molecule has 16 nitrogen and oxygen atoms in total. The number of rotatable bonds is 10. The van der Waals surface area contributed by atoms with Crippen molar-refractivity contribution in [3.05, 3.63) is 46.5 Å². The van der Waals surface area contributed by atoms with Gasteiger partial charge in [-0.2, -0.15) is 10.5 Å². The van der Waals surface area contributed by atoms with Crippen LogP contribution in [0.4, 0.5) is 11.4 Å². The van der Waals surface area contributed by atoms with E-state index in [0.29, 0.717) is 0 Å². The first-order chi connectivity index (χ1) is 18.4. The summed E-state index contributed by atoms with van der Waals surface area (Å²) in [6.45, 7) is -0.0718. The lowest BCUT2D eigenvalue weighted by molar-refractivity contribution is -0.271. The second-order valence-electron chi connectivity index (χ2n) is 7.56. The molecule has 8 N–H and O–H groups in total. The first-order valence-corrected chi connectivity index (χ1v) is 10.6. The van der Waals surface area contributed by atoms with Crippen LogP contribution in [-0.4, -0.2) is 55.9 Å². The fraction of sp³-hybridized carbons (Fsp3) is 0.130. The average molecular weight is 540 g/mol. The van der Waals surface area contributed by atoms with Crippen molar-refractivity contribution in [1.82, 2.24) is 10.6 Å². The number of anilines is 2. The van der Waals surface area contributed by atoms with E-state index < -0.39 is 67.8 Å². The van der Waals surface area contributed by atoms with Gasteiger partial charge in [-0.05, 0) is 65.5 Å². The monoisotopic (exact) mass is 540 g/mol. The van der Waals surface area contributed by atoms with Crippen LogP contribution in [0.25, 0.3) is 12.2 Å². The maximum absolute atomic E-state index is 12.3. The molecule has 0 aliphatic carbocycles. The van der Waals surface area contributed by atoms with E-state index >= 15 is 0 Å². The SMILES string of the molecule is N#C/C(=C/c1cc(O)c([O-])c(N(O)O)c1)C(=O)NCCCNC(=O)/C(C#N)=C/c1cc(O)c([O-])c(N(O)O)c1. The van der Waals surface area contributed by atoms with Crippen molar-refractivity contribution in [2.45, 2.75) is 6.42 Å². The molecule has 0 spiro atoms. The number of nitrogens with one attached hydrogen (secondary N) is 2. The number of phenols is 2. The molecule has 0 saturated heterocycles. The van der Waals surface area contributed by atoms with Crippen LogP contribution in [0.2, 0.25) is 0 Å². The second kappa shape index (κ2) is 13.1. The van der Waals surface area contributed by atoms with Crippen LogP contribution >= 0.6 is 0 Å². The van der Waals surface area contributed by atoms with Crippen LogP contribution in [0.3, 0.4) is 0 Å². The molecule has 2 amide bonds. The summed E-state index contributed by atoms with van der Waals surface area (Å²) >= 11 is 0. The Morgan fingerprint density at radius 3 is 1.44 bits per heavy atom. The number of carbonyl (C=O) groups excluding carboxylic acids is 2. The van der Waals surface area contributed by atoms with Crippen LogP contribution < -0.4 is 31.3 Å². The number of hydrogen-bond donors (Lipinski definition) is 8. The summed E-state index contributed by atoms with van der Waals surface area (Å²) < 4.78 is 0. The highest BCUT2D eigenvalue weighted by molar-refractivity contribution is 6.02. The lowest BCUT2D eigenvalue weighted by Gasteiger charge is -2.19. The van der Waals surface area contributed by atoms with Crippen molar-refractivity contribution < 1.29 is 50.8 Å². The number of nitriles is 2. The van der Waals surface area contributed by atoms with Crippen molar-refractivity contribution in [3.63, 3.8) is 0 Å². The van der Waals surface area contributed by atoms with Gasteiger partial charge in [0.1, 0.15) is 34.8 Å². The molecule has 0 aromatic heterocycles. The zero-order valence-electron chi connectivity index (χ0n) is 19.7. The third-order valence-corrected chi connectivity index (χ3v) is 4.85. The first-order valence-electron chi connectivity index (χ1n) is 10.6. The summed E-state index contributed by atoms with van der Waals surface area (Å²) in [5, 5.41) is 101. The second-order valence-corrected chi connectivity index (χ2v) is 7.56. The molecule has 2 aromatic rings.